The first-order valence-electron chi connectivity index (χ1n) is 8.77. The fourth-order valence-corrected chi connectivity index (χ4v) is 3.43. The van der Waals surface area contributed by atoms with Gasteiger partial charge in [-0.1, -0.05) is 29.3 Å². The summed E-state index contributed by atoms with van der Waals surface area (Å²) in [7, 11) is 1.72. The van der Waals surface area contributed by atoms with Gasteiger partial charge in [-0.2, -0.15) is 0 Å². The summed E-state index contributed by atoms with van der Waals surface area (Å²) in [6.45, 7) is 6.34. The monoisotopic (exact) mass is 400 g/mol. The molecular formula is C19H26Cl2N2O3. The lowest BCUT2D eigenvalue weighted by Crippen LogP contribution is -2.53. The number of hydrogen-bond donors (Lipinski definition) is 0. The smallest absolute Gasteiger partial charge is 0.410 e. The van der Waals surface area contributed by atoms with E-state index in [0.29, 0.717) is 29.6 Å². The molecule has 0 aliphatic carbocycles. The van der Waals surface area contributed by atoms with Gasteiger partial charge in [-0.05, 0) is 57.7 Å². The molecule has 1 aliphatic rings. The maximum Gasteiger partial charge on any atom is 0.410 e. The van der Waals surface area contributed by atoms with E-state index in [0.717, 1.165) is 18.4 Å². The zero-order valence-electron chi connectivity index (χ0n) is 15.7. The SMILES string of the molecule is CN(Cc1ccc(Cl)cc1Cl)C(=O)C1CCCCN1C(=O)OC(C)(C)C. The van der Waals surface area contributed by atoms with Crippen molar-refractivity contribution in [1.82, 2.24) is 9.80 Å². The summed E-state index contributed by atoms with van der Waals surface area (Å²) in [5.41, 5.74) is 0.219. The first-order chi connectivity index (χ1) is 12.1. The third kappa shape index (κ3) is 5.52. The second-order valence-electron chi connectivity index (χ2n) is 7.62. The van der Waals surface area contributed by atoms with Gasteiger partial charge < -0.3 is 9.64 Å². The normalized spacial score (nSPS) is 17.8. The molecule has 1 unspecified atom stereocenters. The Bertz CT molecular complexity index is 673. The van der Waals surface area contributed by atoms with Crippen LogP contribution in [0.15, 0.2) is 18.2 Å². The summed E-state index contributed by atoms with van der Waals surface area (Å²) >= 11 is 12.1. The van der Waals surface area contributed by atoms with E-state index in [2.05, 4.69) is 0 Å². The van der Waals surface area contributed by atoms with Crippen molar-refractivity contribution < 1.29 is 14.3 Å². The zero-order valence-corrected chi connectivity index (χ0v) is 17.2. The molecular weight excluding hydrogens is 375 g/mol. The molecule has 0 spiro atoms. The molecule has 0 N–H and O–H groups in total. The van der Waals surface area contributed by atoms with Crippen LogP contribution in [-0.4, -0.2) is 47.0 Å². The molecule has 144 valence electrons. The van der Waals surface area contributed by atoms with Crippen molar-refractivity contribution in [3.8, 4) is 0 Å². The molecule has 1 fully saturated rings. The van der Waals surface area contributed by atoms with Crippen LogP contribution in [-0.2, 0) is 16.1 Å². The number of benzene rings is 1. The fraction of sp³-hybridized carbons (Fsp3) is 0.579. The molecule has 0 radical (unpaired) electrons. The molecule has 0 bridgehead atoms. The van der Waals surface area contributed by atoms with Gasteiger partial charge in [-0.15, -0.1) is 0 Å². The highest BCUT2D eigenvalue weighted by Gasteiger charge is 2.36. The molecule has 1 aromatic carbocycles. The Morgan fingerprint density at radius 3 is 2.58 bits per heavy atom. The second-order valence-corrected chi connectivity index (χ2v) is 8.46. The number of carbonyl (C=O) groups is 2. The highest BCUT2D eigenvalue weighted by Crippen LogP contribution is 2.25. The van der Waals surface area contributed by atoms with Gasteiger partial charge in [-0.25, -0.2) is 4.79 Å². The van der Waals surface area contributed by atoms with E-state index < -0.39 is 17.7 Å². The number of rotatable bonds is 3. The number of halogens is 2. The molecule has 1 aliphatic heterocycles. The summed E-state index contributed by atoms with van der Waals surface area (Å²) in [5, 5.41) is 1.07. The number of likely N-dealkylation sites (tertiary alicyclic amines) is 1. The minimum Gasteiger partial charge on any atom is -0.444 e. The first-order valence-corrected chi connectivity index (χ1v) is 9.52. The maximum atomic E-state index is 13.0. The van der Waals surface area contributed by atoms with Crippen LogP contribution in [0, 0.1) is 0 Å². The Morgan fingerprint density at radius 1 is 1.27 bits per heavy atom. The van der Waals surface area contributed by atoms with E-state index in [1.165, 1.54) is 0 Å². The molecule has 2 rings (SSSR count). The number of ether oxygens (including phenoxy) is 1. The van der Waals surface area contributed by atoms with Crippen molar-refractivity contribution in [3.63, 3.8) is 0 Å². The summed E-state index contributed by atoms with van der Waals surface area (Å²) < 4.78 is 5.47. The van der Waals surface area contributed by atoms with Crippen LogP contribution in [0.5, 0.6) is 0 Å². The minimum absolute atomic E-state index is 0.110. The predicted octanol–water partition coefficient (Wildman–Crippen LogP) is 4.74. The van der Waals surface area contributed by atoms with Gasteiger partial charge in [0.05, 0.1) is 0 Å². The molecule has 2 amide bonds. The van der Waals surface area contributed by atoms with Crippen LogP contribution >= 0.6 is 23.2 Å². The van der Waals surface area contributed by atoms with Crippen LogP contribution in [0.3, 0.4) is 0 Å². The topological polar surface area (TPSA) is 49.9 Å². The molecule has 1 heterocycles. The van der Waals surface area contributed by atoms with Crippen molar-refractivity contribution in [2.75, 3.05) is 13.6 Å². The fourth-order valence-electron chi connectivity index (χ4n) is 2.97. The van der Waals surface area contributed by atoms with Crippen LogP contribution in [0.4, 0.5) is 4.79 Å². The molecule has 0 aromatic heterocycles. The molecule has 1 atom stereocenters. The zero-order chi connectivity index (χ0) is 19.5. The summed E-state index contributed by atoms with van der Waals surface area (Å²) in [6, 6.07) is 4.70. The molecule has 7 heteroatoms. The Labute approximate surface area is 165 Å². The predicted molar refractivity (Wildman–Crippen MR) is 104 cm³/mol. The van der Waals surface area contributed by atoms with Crippen molar-refractivity contribution in [3.05, 3.63) is 33.8 Å². The van der Waals surface area contributed by atoms with Gasteiger partial charge in [0.2, 0.25) is 5.91 Å². The van der Waals surface area contributed by atoms with Crippen LogP contribution in [0.2, 0.25) is 10.0 Å². The lowest BCUT2D eigenvalue weighted by atomic mass is 10.0. The quantitative estimate of drug-likeness (QED) is 0.735. The lowest BCUT2D eigenvalue weighted by Gasteiger charge is -2.37. The average Bonchev–Trinajstić information content (AvgIpc) is 2.55. The second kappa shape index (κ2) is 8.49. The number of likely N-dealkylation sites (N-methyl/N-ethyl adjacent to an activating group) is 1. The number of nitrogens with zero attached hydrogens (tertiary/aromatic N) is 2. The number of carbonyl (C=O) groups excluding carboxylic acids is 2. The first kappa shape index (κ1) is 20.8. The van der Waals surface area contributed by atoms with E-state index in [9.17, 15) is 9.59 Å². The van der Waals surface area contributed by atoms with Crippen LogP contribution in [0.1, 0.15) is 45.6 Å². The van der Waals surface area contributed by atoms with E-state index in [-0.39, 0.29) is 5.91 Å². The summed E-state index contributed by atoms with van der Waals surface area (Å²) in [5.74, 6) is -0.110. The Balaban J connectivity index is 2.10. The van der Waals surface area contributed by atoms with Crippen LogP contribution < -0.4 is 0 Å². The van der Waals surface area contributed by atoms with E-state index in [1.807, 2.05) is 20.8 Å². The number of amides is 2. The standard InChI is InChI=1S/C19H26Cl2N2O3/c1-19(2,3)26-18(25)23-10-6-5-7-16(23)17(24)22(4)12-13-8-9-14(20)11-15(13)21/h8-9,11,16H,5-7,10,12H2,1-4H3. The van der Waals surface area contributed by atoms with Gasteiger partial charge in [0.25, 0.3) is 0 Å². The molecule has 0 saturated carbocycles. The van der Waals surface area contributed by atoms with Crippen molar-refractivity contribution in [1.29, 1.82) is 0 Å². The molecule has 1 saturated heterocycles. The third-order valence-corrected chi connectivity index (χ3v) is 4.80. The summed E-state index contributed by atoms with van der Waals surface area (Å²) in [4.78, 5) is 28.6. The highest BCUT2D eigenvalue weighted by atomic mass is 35.5. The Kier molecular flexibility index (Phi) is 6.80. The molecule has 1 aromatic rings. The van der Waals surface area contributed by atoms with Gasteiger partial charge in [0.15, 0.2) is 0 Å². The Morgan fingerprint density at radius 2 is 1.96 bits per heavy atom. The van der Waals surface area contributed by atoms with E-state index in [1.54, 1.807) is 35.0 Å². The third-order valence-electron chi connectivity index (χ3n) is 4.21. The summed E-state index contributed by atoms with van der Waals surface area (Å²) in [6.07, 6.45) is 1.98. The maximum absolute atomic E-state index is 13.0. The number of hydrogen-bond acceptors (Lipinski definition) is 3. The Hall–Kier alpha value is -1.46. The molecule has 5 nitrogen and oxygen atoms in total. The van der Waals surface area contributed by atoms with Gasteiger partial charge in [0, 0.05) is 30.2 Å². The van der Waals surface area contributed by atoms with E-state index >= 15 is 0 Å². The van der Waals surface area contributed by atoms with E-state index in [4.69, 9.17) is 27.9 Å². The average molecular weight is 401 g/mol. The largest absolute Gasteiger partial charge is 0.444 e. The lowest BCUT2D eigenvalue weighted by molar-refractivity contribution is -0.137. The minimum atomic E-state index is -0.592. The van der Waals surface area contributed by atoms with Gasteiger partial charge in [0.1, 0.15) is 11.6 Å². The van der Waals surface area contributed by atoms with Crippen molar-refractivity contribution in [2.24, 2.45) is 0 Å². The molecule has 26 heavy (non-hydrogen) atoms. The van der Waals surface area contributed by atoms with Crippen molar-refractivity contribution >= 4 is 35.2 Å². The van der Waals surface area contributed by atoms with Crippen LogP contribution in [0.25, 0.3) is 0 Å². The van der Waals surface area contributed by atoms with Gasteiger partial charge >= 0.3 is 6.09 Å². The van der Waals surface area contributed by atoms with Crippen molar-refractivity contribution in [2.45, 2.75) is 58.2 Å². The van der Waals surface area contributed by atoms with Gasteiger partial charge in [-0.3, -0.25) is 9.69 Å². The number of piperidine rings is 1. The highest BCUT2D eigenvalue weighted by molar-refractivity contribution is 6.35.